The summed E-state index contributed by atoms with van der Waals surface area (Å²) < 4.78 is 5.42. The Labute approximate surface area is 151 Å². The number of hydrogen-bond donors (Lipinski definition) is 0. The third kappa shape index (κ3) is 3.95. The SMILES string of the molecule is CN1CCCC1c1ccc(-c2ccc(CN3CCOCC3)cc2)cc1. The van der Waals surface area contributed by atoms with Crippen LogP contribution in [0, 0.1) is 0 Å². The number of ether oxygens (including phenoxy) is 1. The normalized spacial score (nSPS) is 22.4. The largest absolute Gasteiger partial charge is 0.379 e. The van der Waals surface area contributed by atoms with E-state index in [1.165, 1.54) is 41.6 Å². The zero-order chi connectivity index (χ0) is 17.1. The zero-order valence-corrected chi connectivity index (χ0v) is 15.2. The fraction of sp³-hybridized carbons (Fsp3) is 0.455. The lowest BCUT2D eigenvalue weighted by Crippen LogP contribution is -2.35. The van der Waals surface area contributed by atoms with Gasteiger partial charge in [0.2, 0.25) is 0 Å². The van der Waals surface area contributed by atoms with E-state index in [0.29, 0.717) is 6.04 Å². The minimum Gasteiger partial charge on any atom is -0.379 e. The van der Waals surface area contributed by atoms with E-state index in [9.17, 15) is 0 Å². The van der Waals surface area contributed by atoms with E-state index in [0.717, 1.165) is 32.8 Å². The van der Waals surface area contributed by atoms with Crippen LogP contribution in [-0.4, -0.2) is 49.7 Å². The van der Waals surface area contributed by atoms with Gasteiger partial charge < -0.3 is 4.74 Å². The number of hydrogen-bond acceptors (Lipinski definition) is 3. The highest BCUT2D eigenvalue weighted by atomic mass is 16.5. The molecule has 0 bridgehead atoms. The van der Waals surface area contributed by atoms with Gasteiger partial charge in [-0.2, -0.15) is 0 Å². The van der Waals surface area contributed by atoms with Gasteiger partial charge in [0.05, 0.1) is 13.2 Å². The molecule has 2 aliphatic heterocycles. The van der Waals surface area contributed by atoms with E-state index in [2.05, 4.69) is 65.4 Å². The van der Waals surface area contributed by atoms with E-state index in [4.69, 9.17) is 4.74 Å². The van der Waals surface area contributed by atoms with Crippen molar-refractivity contribution < 1.29 is 4.74 Å². The molecule has 0 N–H and O–H groups in total. The Hall–Kier alpha value is -1.68. The number of morpholine rings is 1. The lowest BCUT2D eigenvalue weighted by Gasteiger charge is -2.26. The maximum Gasteiger partial charge on any atom is 0.0594 e. The van der Waals surface area contributed by atoms with Crippen LogP contribution >= 0.6 is 0 Å². The minimum absolute atomic E-state index is 0.602. The molecular weight excluding hydrogens is 308 g/mol. The van der Waals surface area contributed by atoms with Crippen molar-refractivity contribution in [3.05, 3.63) is 59.7 Å². The van der Waals surface area contributed by atoms with Crippen LogP contribution in [0.3, 0.4) is 0 Å². The number of benzene rings is 2. The summed E-state index contributed by atoms with van der Waals surface area (Å²) in [7, 11) is 2.23. The van der Waals surface area contributed by atoms with Gasteiger partial charge in [-0.15, -0.1) is 0 Å². The number of nitrogens with zero attached hydrogens (tertiary/aromatic N) is 2. The maximum atomic E-state index is 5.42. The van der Waals surface area contributed by atoms with Gasteiger partial charge >= 0.3 is 0 Å². The van der Waals surface area contributed by atoms with Crippen molar-refractivity contribution in [2.45, 2.75) is 25.4 Å². The van der Waals surface area contributed by atoms with Crippen LogP contribution in [0.4, 0.5) is 0 Å². The minimum atomic E-state index is 0.602. The highest BCUT2D eigenvalue weighted by Gasteiger charge is 2.22. The second-order valence-corrected chi connectivity index (χ2v) is 7.35. The van der Waals surface area contributed by atoms with Crippen LogP contribution in [0.15, 0.2) is 48.5 Å². The summed E-state index contributed by atoms with van der Waals surface area (Å²) in [6.45, 7) is 6.05. The quantitative estimate of drug-likeness (QED) is 0.841. The lowest BCUT2D eigenvalue weighted by molar-refractivity contribution is 0.0342. The molecule has 4 rings (SSSR count). The fourth-order valence-electron chi connectivity index (χ4n) is 4.05. The van der Waals surface area contributed by atoms with Crippen molar-refractivity contribution >= 4 is 0 Å². The summed E-state index contributed by atoms with van der Waals surface area (Å²) >= 11 is 0. The molecule has 2 saturated heterocycles. The predicted molar refractivity (Wildman–Crippen MR) is 103 cm³/mol. The predicted octanol–water partition coefficient (Wildman–Crippen LogP) is 3.95. The van der Waals surface area contributed by atoms with Gasteiger partial charge in [-0.3, -0.25) is 9.80 Å². The van der Waals surface area contributed by atoms with Crippen LogP contribution in [0.1, 0.15) is 30.0 Å². The molecule has 0 amide bonds. The van der Waals surface area contributed by atoms with Gasteiger partial charge in [-0.05, 0) is 48.7 Å². The van der Waals surface area contributed by atoms with Crippen molar-refractivity contribution in [2.24, 2.45) is 0 Å². The molecule has 2 aliphatic rings. The molecule has 3 heteroatoms. The number of rotatable bonds is 4. The molecule has 2 aromatic carbocycles. The highest BCUT2D eigenvalue weighted by molar-refractivity contribution is 5.64. The molecule has 0 radical (unpaired) electrons. The van der Waals surface area contributed by atoms with Crippen molar-refractivity contribution in [1.29, 1.82) is 0 Å². The first-order chi connectivity index (χ1) is 12.3. The third-order valence-electron chi connectivity index (χ3n) is 5.61. The molecule has 0 aromatic heterocycles. The second kappa shape index (κ2) is 7.69. The third-order valence-corrected chi connectivity index (χ3v) is 5.61. The van der Waals surface area contributed by atoms with E-state index in [-0.39, 0.29) is 0 Å². The average molecular weight is 336 g/mol. The molecule has 0 aliphatic carbocycles. The lowest BCUT2D eigenvalue weighted by atomic mass is 9.99. The molecule has 3 nitrogen and oxygen atoms in total. The Morgan fingerprint density at radius 1 is 0.880 bits per heavy atom. The van der Waals surface area contributed by atoms with Crippen LogP contribution in [-0.2, 0) is 11.3 Å². The van der Waals surface area contributed by atoms with Crippen molar-refractivity contribution in [3.8, 4) is 11.1 Å². The summed E-state index contributed by atoms with van der Waals surface area (Å²) in [6.07, 6.45) is 2.60. The zero-order valence-electron chi connectivity index (χ0n) is 15.2. The summed E-state index contributed by atoms with van der Waals surface area (Å²) in [5.74, 6) is 0. The summed E-state index contributed by atoms with van der Waals surface area (Å²) in [4.78, 5) is 4.93. The first-order valence-electron chi connectivity index (χ1n) is 9.49. The average Bonchev–Trinajstić information content (AvgIpc) is 3.09. The maximum absolute atomic E-state index is 5.42. The van der Waals surface area contributed by atoms with Crippen LogP contribution in [0.2, 0.25) is 0 Å². The second-order valence-electron chi connectivity index (χ2n) is 7.35. The van der Waals surface area contributed by atoms with Gasteiger partial charge in [0.15, 0.2) is 0 Å². The molecule has 1 atom stereocenters. The fourth-order valence-corrected chi connectivity index (χ4v) is 4.05. The molecule has 0 spiro atoms. The Balaban J connectivity index is 1.42. The Bertz CT molecular complexity index is 674. The molecule has 2 heterocycles. The van der Waals surface area contributed by atoms with E-state index in [1.807, 2.05) is 0 Å². The van der Waals surface area contributed by atoms with Gasteiger partial charge in [-0.25, -0.2) is 0 Å². The number of likely N-dealkylation sites (tertiary alicyclic amines) is 1. The summed E-state index contributed by atoms with van der Waals surface area (Å²) in [5.41, 5.74) is 5.45. The standard InChI is InChI=1S/C22H28N2O/c1-23-12-2-3-22(23)21-10-8-20(9-11-21)19-6-4-18(5-7-19)17-24-13-15-25-16-14-24/h4-11,22H,2-3,12-17H2,1H3. The molecular formula is C22H28N2O. The first-order valence-corrected chi connectivity index (χ1v) is 9.49. The Morgan fingerprint density at radius 3 is 2.12 bits per heavy atom. The van der Waals surface area contributed by atoms with Gasteiger partial charge in [0.25, 0.3) is 0 Å². The molecule has 2 aromatic rings. The van der Waals surface area contributed by atoms with Gasteiger partial charge in [-0.1, -0.05) is 48.5 Å². The van der Waals surface area contributed by atoms with Crippen LogP contribution in [0.5, 0.6) is 0 Å². The van der Waals surface area contributed by atoms with E-state index >= 15 is 0 Å². The highest BCUT2D eigenvalue weighted by Crippen LogP contribution is 2.31. The van der Waals surface area contributed by atoms with Crippen LogP contribution < -0.4 is 0 Å². The van der Waals surface area contributed by atoms with Gasteiger partial charge in [0, 0.05) is 25.7 Å². The first kappa shape index (κ1) is 16.8. The topological polar surface area (TPSA) is 15.7 Å². The van der Waals surface area contributed by atoms with Crippen molar-refractivity contribution in [3.63, 3.8) is 0 Å². The Morgan fingerprint density at radius 2 is 1.52 bits per heavy atom. The Kier molecular flexibility index (Phi) is 5.16. The smallest absolute Gasteiger partial charge is 0.0594 e. The van der Waals surface area contributed by atoms with Crippen molar-refractivity contribution in [2.75, 3.05) is 39.9 Å². The molecule has 0 saturated carbocycles. The van der Waals surface area contributed by atoms with Crippen molar-refractivity contribution in [1.82, 2.24) is 9.80 Å². The van der Waals surface area contributed by atoms with E-state index in [1.54, 1.807) is 0 Å². The molecule has 25 heavy (non-hydrogen) atoms. The summed E-state index contributed by atoms with van der Waals surface area (Å²) in [6, 6.07) is 18.8. The molecule has 132 valence electrons. The van der Waals surface area contributed by atoms with Gasteiger partial charge in [0.1, 0.15) is 0 Å². The monoisotopic (exact) mass is 336 g/mol. The van der Waals surface area contributed by atoms with Crippen LogP contribution in [0.25, 0.3) is 11.1 Å². The molecule has 2 fully saturated rings. The van der Waals surface area contributed by atoms with E-state index < -0.39 is 0 Å². The molecule has 1 unspecified atom stereocenters. The summed E-state index contributed by atoms with van der Waals surface area (Å²) in [5, 5.41) is 0.